The Hall–Kier alpha value is -3.59. The van der Waals surface area contributed by atoms with Gasteiger partial charge in [-0.05, 0) is 48.9 Å². The number of rotatable bonds is 12. The third kappa shape index (κ3) is 6.45. The van der Waals surface area contributed by atoms with Crippen LogP contribution in [-0.2, 0) is 22.7 Å². The average molecular weight is 536 g/mol. The van der Waals surface area contributed by atoms with Gasteiger partial charge in [0.1, 0.15) is 17.3 Å². The van der Waals surface area contributed by atoms with Crippen LogP contribution < -0.4 is 10.1 Å². The Balaban J connectivity index is 1.30. The van der Waals surface area contributed by atoms with Crippen LogP contribution in [0.4, 0.5) is 4.79 Å². The van der Waals surface area contributed by atoms with E-state index in [0.717, 1.165) is 18.3 Å². The molecule has 4 rings (SSSR count). The number of carbonyl (C=O) groups is 4. The van der Waals surface area contributed by atoms with Gasteiger partial charge in [0.05, 0.1) is 19.7 Å². The molecule has 200 valence electrons. The summed E-state index contributed by atoms with van der Waals surface area (Å²) in [5, 5.41) is 4.42. The van der Waals surface area contributed by atoms with Crippen molar-refractivity contribution in [1.82, 2.24) is 15.1 Å². The van der Waals surface area contributed by atoms with Crippen LogP contribution in [0, 0.1) is 6.92 Å². The summed E-state index contributed by atoms with van der Waals surface area (Å²) in [6.07, 6.45) is 5.07. The van der Waals surface area contributed by atoms with Gasteiger partial charge in [0.2, 0.25) is 11.8 Å². The molecule has 1 saturated heterocycles. The maximum absolute atomic E-state index is 13.5. The Morgan fingerprint density at radius 3 is 2.63 bits per heavy atom. The summed E-state index contributed by atoms with van der Waals surface area (Å²) >= 11 is 1.42. The molecule has 2 aliphatic rings. The molecule has 0 saturated carbocycles. The highest BCUT2D eigenvalue weighted by Crippen LogP contribution is 2.36. The van der Waals surface area contributed by atoms with Crippen LogP contribution in [-0.4, -0.2) is 58.9 Å². The van der Waals surface area contributed by atoms with Crippen molar-refractivity contribution in [2.45, 2.75) is 57.0 Å². The summed E-state index contributed by atoms with van der Waals surface area (Å²) in [7, 11) is 1.55. The van der Waals surface area contributed by atoms with Crippen LogP contribution in [0.2, 0.25) is 0 Å². The molecule has 2 unspecified atom stereocenters. The first-order valence-electron chi connectivity index (χ1n) is 12.8. The molecule has 0 radical (unpaired) electrons. The molecule has 2 aliphatic heterocycles. The zero-order valence-corrected chi connectivity index (χ0v) is 22.5. The maximum Gasteiger partial charge on any atom is 0.327 e. The van der Waals surface area contributed by atoms with Gasteiger partial charge in [0.15, 0.2) is 0 Å². The van der Waals surface area contributed by atoms with E-state index in [2.05, 4.69) is 5.32 Å². The SMILES string of the molecule is COc1ccc(C=O)cc1CN1C(=O)N(CCCCCC(=O)NCc2ccc(C)cc2)C(=O)C2SC=CC21. The summed E-state index contributed by atoms with van der Waals surface area (Å²) in [6, 6.07) is 12.4. The van der Waals surface area contributed by atoms with Crippen LogP contribution in [0.25, 0.3) is 0 Å². The Kier molecular flexibility index (Phi) is 9.23. The van der Waals surface area contributed by atoms with Gasteiger partial charge >= 0.3 is 6.03 Å². The molecule has 0 spiro atoms. The maximum atomic E-state index is 13.5. The fraction of sp³-hybridized carbons (Fsp3) is 0.379. The van der Waals surface area contributed by atoms with Crippen LogP contribution in [0.15, 0.2) is 53.9 Å². The second-order valence-electron chi connectivity index (χ2n) is 9.54. The molecule has 2 atom stereocenters. The van der Waals surface area contributed by atoms with Crippen molar-refractivity contribution in [3.63, 3.8) is 0 Å². The van der Waals surface area contributed by atoms with Gasteiger partial charge in [0.25, 0.3) is 0 Å². The first-order valence-corrected chi connectivity index (χ1v) is 13.7. The van der Waals surface area contributed by atoms with Crippen molar-refractivity contribution in [2.75, 3.05) is 13.7 Å². The predicted octanol–water partition coefficient (Wildman–Crippen LogP) is 4.45. The number of ether oxygens (including phenoxy) is 1. The molecule has 38 heavy (non-hydrogen) atoms. The van der Waals surface area contributed by atoms with Crippen molar-refractivity contribution < 1.29 is 23.9 Å². The summed E-state index contributed by atoms with van der Waals surface area (Å²) in [4.78, 5) is 53.1. The fourth-order valence-corrected chi connectivity index (χ4v) is 5.74. The predicted molar refractivity (Wildman–Crippen MR) is 147 cm³/mol. The smallest absolute Gasteiger partial charge is 0.327 e. The zero-order valence-electron chi connectivity index (χ0n) is 21.7. The number of fused-ring (bicyclic) bond motifs is 1. The lowest BCUT2D eigenvalue weighted by molar-refractivity contribution is -0.131. The lowest BCUT2D eigenvalue weighted by Gasteiger charge is -2.41. The van der Waals surface area contributed by atoms with Crippen LogP contribution in [0.1, 0.15) is 52.7 Å². The largest absolute Gasteiger partial charge is 0.496 e. The van der Waals surface area contributed by atoms with Crippen molar-refractivity contribution in [3.05, 3.63) is 76.2 Å². The third-order valence-electron chi connectivity index (χ3n) is 6.83. The second kappa shape index (κ2) is 12.8. The monoisotopic (exact) mass is 535 g/mol. The van der Waals surface area contributed by atoms with E-state index in [1.54, 1.807) is 30.2 Å². The molecule has 1 fully saturated rings. The molecule has 2 heterocycles. The zero-order chi connectivity index (χ0) is 27.1. The highest BCUT2D eigenvalue weighted by atomic mass is 32.2. The number of unbranched alkanes of at least 4 members (excludes halogenated alkanes) is 2. The average Bonchev–Trinajstić information content (AvgIpc) is 3.42. The number of nitrogens with one attached hydrogen (secondary N) is 1. The molecule has 2 aromatic rings. The normalized spacial score (nSPS) is 18.5. The molecule has 9 heteroatoms. The number of thioether (sulfide) groups is 1. The Morgan fingerprint density at radius 1 is 1.11 bits per heavy atom. The van der Waals surface area contributed by atoms with Gasteiger partial charge < -0.3 is 15.0 Å². The Morgan fingerprint density at radius 2 is 1.89 bits per heavy atom. The van der Waals surface area contributed by atoms with E-state index in [-0.39, 0.29) is 35.7 Å². The Bertz CT molecular complexity index is 1210. The topological polar surface area (TPSA) is 96.0 Å². The number of urea groups is 1. The number of methoxy groups -OCH3 is 1. The number of hydrogen-bond acceptors (Lipinski definition) is 6. The molecule has 0 aliphatic carbocycles. The van der Waals surface area contributed by atoms with Gasteiger partial charge in [-0.15, -0.1) is 11.8 Å². The van der Waals surface area contributed by atoms with E-state index in [4.69, 9.17) is 4.74 Å². The number of amides is 4. The van der Waals surface area contributed by atoms with Crippen LogP contribution in [0.3, 0.4) is 0 Å². The lowest BCUT2D eigenvalue weighted by Crippen LogP contribution is -2.61. The fourth-order valence-electron chi connectivity index (χ4n) is 4.68. The van der Waals surface area contributed by atoms with Gasteiger partial charge in [-0.3, -0.25) is 19.3 Å². The summed E-state index contributed by atoms with van der Waals surface area (Å²) in [6.45, 7) is 3.05. The summed E-state index contributed by atoms with van der Waals surface area (Å²) in [5.41, 5.74) is 3.44. The van der Waals surface area contributed by atoms with Crippen LogP contribution >= 0.6 is 11.8 Å². The van der Waals surface area contributed by atoms with Gasteiger partial charge in [-0.25, -0.2) is 4.79 Å². The molecule has 1 N–H and O–H groups in total. The van der Waals surface area contributed by atoms with Crippen molar-refractivity contribution in [1.29, 1.82) is 0 Å². The molecule has 0 aromatic heterocycles. The molecule has 2 aromatic carbocycles. The molecule has 4 amide bonds. The van der Waals surface area contributed by atoms with Crippen molar-refractivity contribution in [2.24, 2.45) is 0 Å². The number of benzene rings is 2. The highest BCUT2D eigenvalue weighted by molar-refractivity contribution is 8.03. The first kappa shape index (κ1) is 27.4. The van der Waals surface area contributed by atoms with E-state index in [1.165, 1.54) is 22.2 Å². The third-order valence-corrected chi connectivity index (χ3v) is 7.92. The minimum atomic E-state index is -0.388. The molecule has 8 nitrogen and oxygen atoms in total. The summed E-state index contributed by atoms with van der Waals surface area (Å²) < 4.78 is 5.45. The van der Waals surface area contributed by atoms with Gasteiger partial charge in [0, 0.05) is 30.6 Å². The molecule has 0 bridgehead atoms. The van der Waals surface area contributed by atoms with E-state index in [9.17, 15) is 19.2 Å². The number of imide groups is 1. The quantitative estimate of drug-likeness (QED) is 0.319. The minimum Gasteiger partial charge on any atom is -0.496 e. The first-order chi connectivity index (χ1) is 18.4. The van der Waals surface area contributed by atoms with Crippen molar-refractivity contribution in [3.8, 4) is 5.75 Å². The Labute approximate surface area is 227 Å². The summed E-state index contributed by atoms with van der Waals surface area (Å²) in [5.74, 6) is 0.388. The highest BCUT2D eigenvalue weighted by Gasteiger charge is 2.47. The minimum absolute atomic E-state index is 0.00958. The molecular formula is C29H33N3O5S. The van der Waals surface area contributed by atoms with E-state index < -0.39 is 0 Å². The number of carbonyl (C=O) groups excluding carboxylic acids is 4. The molecular weight excluding hydrogens is 502 g/mol. The van der Waals surface area contributed by atoms with E-state index in [1.807, 2.05) is 42.7 Å². The van der Waals surface area contributed by atoms with Gasteiger partial charge in [-0.1, -0.05) is 42.3 Å². The lowest BCUT2D eigenvalue weighted by atomic mass is 10.0. The second-order valence-corrected chi connectivity index (χ2v) is 10.6. The number of hydrogen-bond donors (Lipinski definition) is 1. The number of aldehydes is 1. The standard InChI is InChI=1S/C29H33N3O5S/c1-20-7-9-21(10-8-20)17-30-26(34)6-4-3-5-14-31-28(35)27-24(13-15-38-27)32(29(31)36)18-23-16-22(19-33)11-12-25(23)37-2/h7-13,15-16,19,24,27H,3-6,14,17-18H2,1-2H3,(H,30,34). The number of nitrogens with zero attached hydrogens (tertiary/aromatic N) is 2. The number of aryl methyl sites for hydroxylation is 1. The van der Waals surface area contributed by atoms with E-state index in [0.29, 0.717) is 49.2 Å². The van der Waals surface area contributed by atoms with E-state index >= 15 is 0 Å². The van der Waals surface area contributed by atoms with Crippen LogP contribution in [0.5, 0.6) is 5.75 Å². The van der Waals surface area contributed by atoms with Gasteiger partial charge in [-0.2, -0.15) is 0 Å². The van der Waals surface area contributed by atoms with Crippen molar-refractivity contribution >= 4 is 35.9 Å².